The van der Waals surface area contributed by atoms with Crippen LogP contribution in [-0.2, 0) is 24.1 Å². The second kappa shape index (κ2) is 13.0. The van der Waals surface area contributed by atoms with E-state index in [-0.39, 0.29) is 18.1 Å². The normalized spacial score (nSPS) is 19.5. The Morgan fingerprint density at radius 2 is 1.54 bits per heavy atom. The minimum atomic E-state index is 0. The lowest BCUT2D eigenvalue weighted by atomic mass is 9.88. The molecule has 2 atom stereocenters. The molecule has 2 aromatic carbocycles. The average Bonchev–Trinajstić information content (AvgIpc) is 3.08. The van der Waals surface area contributed by atoms with Crippen LogP contribution >= 0.6 is 0 Å². The van der Waals surface area contributed by atoms with Gasteiger partial charge in [-0.1, -0.05) is 6.07 Å². The zero-order valence-corrected chi connectivity index (χ0v) is 23.0. The first-order chi connectivity index (χ1) is 17.5. The number of nitrogens with zero attached hydrogens (tertiary/aromatic N) is 2. The summed E-state index contributed by atoms with van der Waals surface area (Å²) in [5.41, 5.74) is 3.47. The van der Waals surface area contributed by atoms with E-state index in [2.05, 4.69) is 29.0 Å². The maximum absolute atomic E-state index is 13.3. The van der Waals surface area contributed by atoms with Crippen molar-refractivity contribution in [2.75, 3.05) is 48.6 Å². The molecule has 0 spiro atoms. The van der Waals surface area contributed by atoms with Crippen molar-refractivity contribution in [2.24, 2.45) is 0 Å². The van der Waals surface area contributed by atoms with Crippen LogP contribution in [-0.4, -0.2) is 76.4 Å². The van der Waals surface area contributed by atoms with Crippen molar-refractivity contribution < 1.29 is 23.7 Å². The summed E-state index contributed by atoms with van der Waals surface area (Å²) in [4.78, 5) is 18.0. The van der Waals surface area contributed by atoms with E-state index in [0.717, 1.165) is 68.0 Å². The summed E-state index contributed by atoms with van der Waals surface area (Å²) in [6.45, 7) is 1.72. The van der Waals surface area contributed by atoms with E-state index in [1.54, 1.807) is 28.4 Å². The Morgan fingerprint density at radius 3 is 2.22 bits per heavy atom. The third-order valence-electron chi connectivity index (χ3n) is 7.87. The molecule has 37 heavy (non-hydrogen) atoms. The predicted molar refractivity (Wildman–Crippen MR) is 146 cm³/mol. The topological polar surface area (TPSA) is 95.5 Å². The molecule has 0 bridgehead atoms. The average molecular weight is 514 g/mol. The van der Waals surface area contributed by atoms with Gasteiger partial charge in [0.1, 0.15) is 0 Å². The summed E-state index contributed by atoms with van der Waals surface area (Å²) in [5, 5.41) is 0. The van der Waals surface area contributed by atoms with Crippen LogP contribution in [0.15, 0.2) is 30.3 Å². The molecule has 8 heteroatoms. The first-order valence-electron chi connectivity index (χ1n) is 12.9. The summed E-state index contributed by atoms with van der Waals surface area (Å²) < 4.78 is 21.8. The van der Waals surface area contributed by atoms with Crippen LogP contribution in [0.3, 0.4) is 0 Å². The van der Waals surface area contributed by atoms with Crippen molar-refractivity contribution in [1.82, 2.24) is 16.0 Å². The van der Waals surface area contributed by atoms with Crippen LogP contribution in [0.25, 0.3) is 0 Å². The quantitative estimate of drug-likeness (QED) is 0.534. The van der Waals surface area contributed by atoms with Crippen LogP contribution in [0.1, 0.15) is 42.4 Å². The molecule has 1 aliphatic heterocycles. The lowest BCUT2D eigenvalue weighted by Crippen LogP contribution is -2.48. The third-order valence-corrected chi connectivity index (χ3v) is 7.87. The van der Waals surface area contributed by atoms with E-state index in [1.165, 1.54) is 17.5 Å². The Balaban J connectivity index is 0.00000380. The zero-order valence-electron chi connectivity index (χ0n) is 23.0. The molecule has 2 aliphatic rings. The molecule has 0 radical (unpaired) electrons. The summed E-state index contributed by atoms with van der Waals surface area (Å²) in [6.07, 6.45) is 6.64. The number of benzene rings is 2. The van der Waals surface area contributed by atoms with Gasteiger partial charge in [0.2, 0.25) is 5.91 Å². The first-order valence-corrected chi connectivity index (χ1v) is 12.9. The van der Waals surface area contributed by atoms with Crippen LogP contribution in [0.4, 0.5) is 0 Å². The van der Waals surface area contributed by atoms with Gasteiger partial charge in [-0.05, 0) is 86.5 Å². The first kappa shape index (κ1) is 28.6. The molecule has 4 rings (SSSR count). The van der Waals surface area contributed by atoms with Crippen LogP contribution in [0, 0.1) is 0 Å². The van der Waals surface area contributed by atoms with Gasteiger partial charge < -0.3 is 34.9 Å². The fourth-order valence-corrected chi connectivity index (χ4v) is 5.72. The summed E-state index contributed by atoms with van der Waals surface area (Å²) in [6, 6.07) is 10.9. The standard InChI is InChI=1S/C29H40N2O5.H3N/c1-30(13-11-20-9-10-25(33-2)26(15-20)34-3)23-7-6-8-24(19-23)31-14-12-21-16-27(35-4)28(36-5)17-22(21)18-29(31)32;/h9-10,15-17,23-24H,6-8,11-14,18-19H2,1-5H3;1H3. The molecule has 0 saturated heterocycles. The number of likely N-dealkylation sites (N-methyl/N-ethyl adjacent to an activating group) is 1. The van der Waals surface area contributed by atoms with E-state index < -0.39 is 0 Å². The van der Waals surface area contributed by atoms with Crippen LogP contribution in [0.2, 0.25) is 0 Å². The predicted octanol–water partition coefficient (Wildman–Crippen LogP) is 4.30. The van der Waals surface area contributed by atoms with Gasteiger partial charge in [0.25, 0.3) is 0 Å². The monoisotopic (exact) mass is 513 g/mol. The Hall–Kier alpha value is -2.97. The number of carbonyl (C=O) groups excluding carboxylic acids is 1. The zero-order chi connectivity index (χ0) is 25.7. The van der Waals surface area contributed by atoms with Crippen molar-refractivity contribution in [3.63, 3.8) is 0 Å². The molecular weight excluding hydrogens is 470 g/mol. The molecule has 2 unspecified atom stereocenters. The van der Waals surface area contributed by atoms with Gasteiger partial charge in [0.15, 0.2) is 23.0 Å². The van der Waals surface area contributed by atoms with Gasteiger partial charge >= 0.3 is 0 Å². The molecule has 1 saturated carbocycles. The number of ether oxygens (including phenoxy) is 4. The van der Waals surface area contributed by atoms with Crippen LogP contribution in [0.5, 0.6) is 23.0 Å². The van der Waals surface area contributed by atoms with Crippen molar-refractivity contribution in [2.45, 2.75) is 57.0 Å². The van der Waals surface area contributed by atoms with Crippen molar-refractivity contribution >= 4 is 5.91 Å². The minimum absolute atomic E-state index is 0. The molecule has 3 N–H and O–H groups in total. The van der Waals surface area contributed by atoms with Gasteiger partial charge in [-0.25, -0.2) is 0 Å². The van der Waals surface area contributed by atoms with E-state index in [4.69, 9.17) is 18.9 Å². The number of methoxy groups -OCH3 is 4. The maximum atomic E-state index is 13.3. The highest BCUT2D eigenvalue weighted by atomic mass is 16.5. The van der Waals surface area contributed by atoms with Gasteiger partial charge in [0.05, 0.1) is 34.9 Å². The highest BCUT2D eigenvalue weighted by molar-refractivity contribution is 5.80. The molecular formula is C29H43N3O5. The molecule has 8 nitrogen and oxygen atoms in total. The number of rotatable bonds is 9. The van der Waals surface area contributed by atoms with E-state index in [1.807, 2.05) is 18.2 Å². The molecule has 0 aromatic heterocycles. The largest absolute Gasteiger partial charge is 0.493 e. The van der Waals surface area contributed by atoms with Gasteiger partial charge in [0, 0.05) is 25.2 Å². The number of amides is 1. The lowest BCUT2D eigenvalue weighted by Gasteiger charge is -2.40. The van der Waals surface area contributed by atoms with Crippen molar-refractivity contribution in [3.8, 4) is 23.0 Å². The number of hydrogen-bond acceptors (Lipinski definition) is 7. The Morgan fingerprint density at radius 1 is 0.892 bits per heavy atom. The Kier molecular flexibility index (Phi) is 10.1. The summed E-state index contributed by atoms with van der Waals surface area (Å²) >= 11 is 0. The van der Waals surface area contributed by atoms with E-state index in [9.17, 15) is 4.79 Å². The highest BCUT2D eigenvalue weighted by Gasteiger charge is 2.33. The molecule has 1 amide bonds. The fourth-order valence-electron chi connectivity index (χ4n) is 5.72. The second-order valence-electron chi connectivity index (χ2n) is 9.88. The fraction of sp³-hybridized carbons (Fsp3) is 0.552. The molecule has 204 valence electrons. The van der Waals surface area contributed by atoms with E-state index >= 15 is 0 Å². The number of carbonyl (C=O) groups is 1. The molecule has 1 fully saturated rings. The SMILES string of the molecule is COc1ccc(CCN(C)C2CCCC(N3CCc4cc(OC)c(OC)cc4CC3=O)C2)cc1OC.N. The summed E-state index contributed by atoms with van der Waals surface area (Å²) in [7, 11) is 8.84. The third kappa shape index (κ3) is 6.48. The minimum Gasteiger partial charge on any atom is -0.493 e. The Labute approximate surface area is 221 Å². The lowest BCUT2D eigenvalue weighted by molar-refractivity contribution is -0.133. The molecule has 2 aromatic rings. The van der Waals surface area contributed by atoms with Crippen molar-refractivity contribution in [1.29, 1.82) is 0 Å². The Bertz CT molecular complexity index is 1060. The maximum Gasteiger partial charge on any atom is 0.227 e. The second-order valence-corrected chi connectivity index (χ2v) is 9.88. The van der Waals surface area contributed by atoms with Gasteiger partial charge in [-0.2, -0.15) is 0 Å². The van der Waals surface area contributed by atoms with Gasteiger partial charge in [-0.15, -0.1) is 0 Å². The summed E-state index contributed by atoms with van der Waals surface area (Å²) in [5.74, 6) is 3.16. The number of hydrogen-bond donors (Lipinski definition) is 1. The molecule has 1 aliphatic carbocycles. The highest BCUT2D eigenvalue weighted by Crippen LogP contribution is 2.34. The number of fused-ring (bicyclic) bond motifs is 1. The van der Waals surface area contributed by atoms with Gasteiger partial charge in [-0.3, -0.25) is 4.79 Å². The van der Waals surface area contributed by atoms with E-state index in [0.29, 0.717) is 18.2 Å². The van der Waals surface area contributed by atoms with Crippen LogP contribution < -0.4 is 25.1 Å². The van der Waals surface area contributed by atoms with Crippen molar-refractivity contribution in [3.05, 3.63) is 47.0 Å². The molecule has 1 heterocycles. The smallest absolute Gasteiger partial charge is 0.227 e.